The third-order valence-corrected chi connectivity index (χ3v) is 3.69. The van der Waals surface area contributed by atoms with Gasteiger partial charge in [0.1, 0.15) is 0 Å². The third kappa shape index (κ3) is 2.67. The summed E-state index contributed by atoms with van der Waals surface area (Å²) >= 11 is 1.63. The van der Waals surface area contributed by atoms with Crippen molar-refractivity contribution in [3.05, 3.63) is 21.9 Å². The fourth-order valence-corrected chi connectivity index (χ4v) is 2.68. The molecular weight excluding hydrogens is 208 g/mol. The Balaban J connectivity index is 1.94. The lowest BCUT2D eigenvalue weighted by atomic mass is 10.0. The van der Waals surface area contributed by atoms with Gasteiger partial charge in [0, 0.05) is 23.5 Å². The van der Waals surface area contributed by atoms with Gasteiger partial charge in [-0.25, -0.2) is 0 Å². The lowest BCUT2D eigenvalue weighted by molar-refractivity contribution is 0.0129. The highest BCUT2D eigenvalue weighted by Gasteiger charge is 2.19. The number of ether oxygens (including phenoxy) is 1. The first-order chi connectivity index (χ1) is 7.27. The fraction of sp³-hybridized carbons (Fsp3) is 0.583. The van der Waals surface area contributed by atoms with Crippen molar-refractivity contribution in [1.82, 2.24) is 0 Å². The number of carbonyl (C=O) groups is 1. The van der Waals surface area contributed by atoms with Gasteiger partial charge >= 0.3 is 0 Å². The number of rotatable bonds is 3. The highest BCUT2D eigenvalue weighted by atomic mass is 32.1. The van der Waals surface area contributed by atoms with E-state index in [1.54, 1.807) is 11.3 Å². The summed E-state index contributed by atoms with van der Waals surface area (Å²) in [7, 11) is 0. The van der Waals surface area contributed by atoms with E-state index in [0.29, 0.717) is 6.42 Å². The highest BCUT2D eigenvalue weighted by Crippen LogP contribution is 2.21. The summed E-state index contributed by atoms with van der Waals surface area (Å²) in [4.78, 5) is 13.0. The molecule has 1 aliphatic heterocycles. The molecule has 2 nitrogen and oxygen atoms in total. The Labute approximate surface area is 94.3 Å². The standard InChI is InChI=1S/C12H16O2S/c1-9-11(5-7-15-9)12(13)8-10-4-2-3-6-14-10/h5,7,10H,2-4,6,8H2,1H3. The van der Waals surface area contributed by atoms with Crippen molar-refractivity contribution in [3.63, 3.8) is 0 Å². The number of Topliss-reactive ketones (excluding diaryl/α,β-unsaturated/α-hetero) is 1. The van der Waals surface area contributed by atoms with Crippen LogP contribution in [-0.4, -0.2) is 18.5 Å². The van der Waals surface area contributed by atoms with E-state index in [1.807, 2.05) is 18.4 Å². The first-order valence-electron chi connectivity index (χ1n) is 5.46. The van der Waals surface area contributed by atoms with Crippen molar-refractivity contribution >= 4 is 17.1 Å². The number of aryl methyl sites for hydroxylation is 1. The molecule has 82 valence electrons. The molecule has 0 N–H and O–H groups in total. The molecule has 1 aromatic rings. The van der Waals surface area contributed by atoms with Gasteiger partial charge in [-0.2, -0.15) is 0 Å². The first-order valence-corrected chi connectivity index (χ1v) is 6.34. The van der Waals surface area contributed by atoms with Crippen LogP contribution in [0.5, 0.6) is 0 Å². The smallest absolute Gasteiger partial charge is 0.166 e. The van der Waals surface area contributed by atoms with Gasteiger partial charge < -0.3 is 4.74 Å². The van der Waals surface area contributed by atoms with Gasteiger partial charge in [-0.3, -0.25) is 4.79 Å². The molecule has 0 spiro atoms. The summed E-state index contributed by atoms with van der Waals surface area (Å²) < 4.78 is 5.57. The number of hydrogen-bond donors (Lipinski definition) is 0. The van der Waals surface area contributed by atoms with E-state index in [4.69, 9.17) is 4.74 Å². The van der Waals surface area contributed by atoms with Gasteiger partial charge in [0.05, 0.1) is 6.10 Å². The van der Waals surface area contributed by atoms with Crippen LogP contribution in [0.3, 0.4) is 0 Å². The van der Waals surface area contributed by atoms with Gasteiger partial charge in [-0.15, -0.1) is 11.3 Å². The second kappa shape index (κ2) is 4.90. The highest BCUT2D eigenvalue weighted by molar-refractivity contribution is 7.10. The predicted octanol–water partition coefficient (Wildman–Crippen LogP) is 3.20. The van der Waals surface area contributed by atoms with Crippen molar-refractivity contribution in [1.29, 1.82) is 0 Å². The van der Waals surface area contributed by atoms with E-state index in [0.717, 1.165) is 29.9 Å². The van der Waals surface area contributed by atoms with Crippen LogP contribution in [0.25, 0.3) is 0 Å². The molecule has 0 amide bonds. The van der Waals surface area contributed by atoms with Crippen molar-refractivity contribution < 1.29 is 9.53 Å². The van der Waals surface area contributed by atoms with Gasteiger partial charge in [-0.05, 0) is 37.6 Å². The predicted molar refractivity (Wildman–Crippen MR) is 61.6 cm³/mol. The molecule has 3 heteroatoms. The topological polar surface area (TPSA) is 26.3 Å². The minimum atomic E-state index is 0.158. The molecule has 2 heterocycles. The van der Waals surface area contributed by atoms with Crippen LogP contribution < -0.4 is 0 Å². The summed E-state index contributed by atoms with van der Waals surface area (Å²) in [5.41, 5.74) is 0.883. The molecule has 1 fully saturated rings. The average Bonchev–Trinajstić information content (AvgIpc) is 2.66. The minimum Gasteiger partial charge on any atom is -0.378 e. The molecule has 1 aromatic heterocycles. The van der Waals surface area contributed by atoms with Crippen LogP contribution in [0.15, 0.2) is 11.4 Å². The first kappa shape index (κ1) is 10.8. The van der Waals surface area contributed by atoms with E-state index >= 15 is 0 Å². The Hall–Kier alpha value is -0.670. The largest absolute Gasteiger partial charge is 0.378 e. The van der Waals surface area contributed by atoms with Crippen molar-refractivity contribution in [2.75, 3.05) is 6.61 Å². The number of thiophene rings is 1. The molecule has 0 bridgehead atoms. The SMILES string of the molecule is Cc1sccc1C(=O)CC1CCCCO1. The molecule has 0 radical (unpaired) electrons. The van der Waals surface area contributed by atoms with E-state index < -0.39 is 0 Å². The van der Waals surface area contributed by atoms with Crippen LogP contribution in [0.4, 0.5) is 0 Å². The van der Waals surface area contributed by atoms with Crippen molar-refractivity contribution in [3.8, 4) is 0 Å². The van der Waals surface area contributed by atoms with Gasteiger partial charge in [0.15, 0.2) is 5.78 Å². The number of carbonyl (C=O) groups excluding carboxylic acids is 1. The summed E-state index contributed by atoms with van der Waals surface area (Å²) in [6.07, 6.45) is 4.08. The van der Waals surface area contributed by atoms with Crippen LogP contribution in [0, 0.1) is 6.92 Å². The van der Waals surface area contributed by atoms with Gasteiger partial charge in [0.25, 0.3) is 0 Å². The zero-order valence-corrected chi connectivity index (χ0v) is 9.81. The van der Waals surface area contributed by atoms with E-state index in [-0.39, 0.29) is 11.9 Å². The molecule has 0 saturated carbocycles. The molecule has 0 aromatic carbocycles. The van der Waals surface area contributed by atoms with Gasteiger partial charge in [0.2, 0.25) is 0 Å². The summed E-state index contributed by atoms with van der Waals surface area (Å²) in [5, 5.41) is 1.98. The lowest BCUT2D eigenvalue weighted by Gasteiger charge is -2.21. The molecule has 1 aliphatic rings. The second-order valence-corrected chi connectivity index (χ2v) is 5.13. The average molecular weight is 224 g/mol. The van der Waals surface area contributed by atoms with E-state index in [9.17, 15) is 4.79 Å². The van der Waals surface area contributed by atoms with E-state index in [2.05, 4.69) is 0 Å². The monoisotopic (exact) mass is 224 g/mol. The zero-order chi connectivity index (χ0) is 10.7. The number of ketones is 1. The number of hydrogen-bond acceptors (Lipinski definition) is 3. The second-order valence-electron chi connectivity index (χ2n) is 4.01. The Morgan fingerprint density at radius 2 is 2.47 bits per heavy atom. The molecule has 1 atom stereocenters. The molecular formula is C12H16O2S. The Morgan fingerprint density at radius 1 is 1.60 bits per heavy atom. The van der Waals surface area contributed by atoms with Crippen LogP contribution in [0.2, 0.25) is 0 Å². The van der Waals surface area contributed by atoms with Crippen molar-refractivity contribution in [2.24, 2.45) is 0 Å². The maximum atomic E-state index is 11.9. The molecule has 1 saturated heterocycles. The zero-order valence-electron chi connectivity index (χ0n) is 8.99. The van der Waals surface area contributed by atoms with Crippen molar-refractivity contribution in [2.45, 2.75) is 38.7 Å². The normalized spacial score (nSPS) is 21.5. The maximum absolute atomic E-state index is 11.9. The van der Waals surface area contributed by atoms with Crippen LogP contribution in [-0.2, 0) is 4.74 Å². The minimum absolute atomic E-state index is 0.158. The molecule has 0 aliphatic carbocycles. The van der Waals surface area contributed by atoms with Gasteiger partial charge in [-0.1, -0.05) is 0 Å². The summed E-state index contributed by atoms with van der Waals surface area (Å²) in [6, 6.07) is 1.92. The van der Waals surface area contributed by atoms with E-state index in [1.165, 1.54) is 6.42 Å². The Morgan fingerprint density at radius 3 is 3.07 bits per heavy atom. The van der Waals surface area contributed by atoms with Crippen LogP contribution in [0.1, 0.15) is 40.9 Å². The summed E-state index contributed by atoms with van der Waals surface area (Å²) in [5.74, 6) is 0.237. The third-order valence-electron chi connectivity index (χ3n) is 2.85. The Bertz CT molecular complexity index is 337. The molecule has 2 rings (SSSR count). The Kier molecular flexibility index (Phi) is 3.54. The molecule has 1 unspecified atom stereocenters. The lowest BCUT2D eigenvalue weighted by Crippen LogP contribution is -2.22. The quantitative estimate of drug-likeness (QED) is 0.737. The fourth-order valence-electron chi connectivity index (χ4n) is 1.96. The summed E-state index contributed by atoms with van der Waals surface area (Å²) in [6.45, 7) is 2.82. The molecule has 15 heavy (non-hydrogen) atoms. The maximum Gasteiger partial charge on any atom is 0.166 e. The van der Waals surface area contributed by atoms with Crippen LogP contribution >= 0.6 is 11.3 Å².